The van der Waals surface area contributed by atoms with E-state index in [4.69, 9.17) is 4.74 Å². The first kappa shape index (κ1) is 13.1. The molecule has 0 aliphatic heterocycles. The fourth-order valence-corrected chi connectivity index (χ4v) is 2.58. The van der Waals surface area contributed by atoms with Crippen LogP contribution in [0.1, 0.15) is 16.1 Å². The van der Waals surface area contributed by atoms with Crippen molar-refractivity contribution < 1.29 is 4.74 Å². The van der Waals surface area contributed by atoms with Crippen molar-refractivity contribution in [3.8, 4) is 5.75 Å². The van der Waals surface area contributed by atoms with Gasteiger partial charge in [-0.2, -0.15) is 0 Å². The van der Waals surface area contributed by atoms with Crippen LogP contribution in [-0.2, 0) is 13.0 Å². The van der Waals surface area contributed by atoms with E-state index in [0.717, 1.165) is 31.0 Å². The number of hydrogen-bond donors (Lipinski definition) is 1. The lowest BCUT2D eigenvalue weighted by Gasteiger charge is -2.08. The summed E-state index contributed by atoms with van der Waals surface area (Å²) in [7, 11) is 1.72. The van der Waals surface area contributed by atoms with Crippen molar-refractivity contribution in [3.63, 3.8) is 0 Å². The molecule has 0 unspecified atom stereocenters. The van der Waals surface area contributed by atoms with Gasteiger partial charge in [0.1, 0.15) is 5.75 Å². The fraction of sp³-hybridized carbons (Fsp3) is 0.357. The second kappa shape index (κ2) is 6.52. The maximum atomic E-state index is 5.33. The Morgan fingerprint density at radius 2 is 2.17 bits per heavy atom. The van der Waals surface area contributed by atoms with E-state index in [1.807, 2.05) is 30.6 Å². The Morgan fingerprint density at radius 3 is 2.89 bits per heavy atom. The molecule has 0 atom stereocenters. The number of aryl methyl sites for hydroxylation is 1. The third-order valence-electron chi connectivity index (χ3n) is 2.89. The van der Waals surface area contributed by atoms with Crippen LogP contribution in [0.25, 0.3) is 0 Å². The van der Waals surface area contributed by atoms with Crippen molar-refractivity contribution in [2.45, 2.75) is 19.9 Å². The SMILES string of the molecule is COc1ccccc1CCNCc1scnc1C. The second-order valence-electron chi connectivity index (χ2n) is 4.10. The molecule has 0 spiro atoms. The first-order chi connectivity index (χ1) is 8.81. The van der Waals surface area contributed by atoms with Crippen LogP contribution >= 0.6 is 11.3 Å². The van der Waals surface area contributed by atoms with Crippen molar-refractivity contribution in [3.05, 3.63) is 45.9 Å². The first-order valence-corrected chi connectivity index (χ1v) is 6.91. The molecule has 4 heteroatoms. The Kier molecular flexibility index (Phi) is 4.73. The zero-order chi connectivity index (χ0) is 12.8. The summed E-state index contributed by atoms with van der Waals surface area (Å²) in [4.78, 5) is 5.55. The van der Waals surface area contributed by atoms with Gasteiger partial charge in [0, 0.05) is 11.4 Å². The Hall–Kier alpha value is -1.39. The van der Waals surface area contributed by atoms with E-state index in [1.54, 1.807) is 18.4 Å². The predicted octanol–water partition coefficient (Wildman–Crippen LogP) is 2.79. The number of rotatable bonds is 6. The predicted molar refractivity (Wildman–Crippen MR) is 75.3 cm³/mol. The van der Waals surface area contributed by atoms with Gasteiger partial charge in [-0.3, -0.25) is 0 Å². The number of benzene rings is 1. The standard InChI is InChI=1S/C14H18N2OS/c1-11-14(18-10-16-11)9-15-8-7-12-5-3-4-6-13(12)17-2/h3-6,10,15H,7-9H2,1-2H3. The minimum Gasteiger partial charge on any atom is -0.496 e. The molecule has 0 aliphatic carbocycles. The number of methoxy groups -OCH3 is 1. The van der Waals surface area contributed by atoms with Crippen molar-refractivity contribution in [2.75, 3.05) is 13.7 Å². The molecule has 0 aliphatic rings. The zero-order valence-corrected chi connectivity index (χ0v) is 11.6. The smallest absolute Gasteiger partial charge is 0.122 e. The van der Waals surface area contributed by atoms with E-state index >= 15 is 0 Å². The van der Waals surface area contributed by atoms with E-state index in [-0.39, 0.29) is 0 Å². The summed E-state index contributed by atoms with van der Waals surface area (Å²) in [5.41, 5.74) is 4.27. The number of para-hydroxylation sites is 1. The third-order valence-corrected chi connectivity index (χ3v) is 3.83. The summed E-state index contributed by atoms with van der Waals surface area (Å²) in [5.74, 6) is 0.966. The van der Waals surface area contributed by atoms with Crippen LogP contribution in [0.3, 0.4) is 0 Å². The average Bonchev–Trinajstić information content (AvgIpc) is 2.81. The summed E-state index contributed by atoms with van der Waals surface area (Å²) >= 11 is 1.71. The summed E-state index contributed by atoms with van der Waals surface area (Å²) in [6.07, 6.45) is 0.974. The van der Waals surface area contributed by atoms with Crippen molar-refractivity contribution >= 4 is 11.3 Å². The molecule has 18 heavy (non-hydrogen) atoms. The average molecular weight is 262 g/mol. The second-order valence-corrected chi connectivity index (χ2v) is 5.04. The number of nitrogens with zero attached hydrogens (tertiary/aromatic N) is 1. The zero-order valence-electron chi connectivity index (χ0n) is 10.8. The number of thiazole rings is 1. The minimum atomic E-state index is 0.894. The van der Waals surface area contributed by atoms with Gasteiger partial charge < -0.3 is 10.1 Å². The number of nitrogens with one attached hydrogen (secondary N) is 1. The van der Waals surface area contributed by atoms with Gasteiger partial charge in [0.2, 0.25) is 0 Å². The lowest BCUT2D eigenvalue weighted by Crippen LogP contribution is -2.16. The molecule has 1 N–H and O–H groups in total. The fourth-order valence-electron chi connectivity index (χ4n) is 1.83. The van der Waals surface area contributed by atoms with E-state index in [2.05, 4.69) is 16.4 Å². The molecule has 0 saturated heterocycles. The minimum absolute atomic E-state index is 0.894. The van der Waals surface area contributed by atoms with Gasteiger partial charge in [0.25, 0.3) is 0 Å². The Balaban J connectivity index is 1.80. The quantitative estimate of drug-likeness (QED) is 0.813. The largest absolute Gasteiger partial charge is 0.496 e. The molecule has 2 rings (SSSR count). The molecule has 0 fully saturated rings. The molecule has 2 aromatic rings. The topological polar surface area (TPSA) is 34.1 Å². The van der Waals surface area contributed by atoms with Crippen LogP contribution in [0.5, 0.6) is 5.75 Å². The summed E-state index contributed by atoms with van der Waals surface area (Å²) in [6, 6.07) is 8.16. The molecular formula is C14H18N2OS. The molecule has 0 bridgehead atoms. The molecular weight excluding hydrogens is 244 g/mol. The Bertz CT molecular complexity index is 496. The highest BCUT2D eigenvalue weighted by molar-refractivity contribution is 7.09. The van der Waals surface area contributed by atoms with Crippen LogP contribution in [0.4, 0.5) is 0 Å². The first-order valence-electron chi connectivity index (χ1n) is 6.03. The normalized spacial score (nSPS) is 10.6. The Labute approximate surface area is 112 Å². The summed E-state index contributed by atoms with van der Waals surface area (Å²) in [6.45, 7) is 3.89. The molecule has 0 amide bonds. The van der Waals surface area contributed by atoms with Gasteiger partial charge in [0.15, 0.2) is 0 Å². The number of aromatic nitrogens is 1. The van der Waals surface area contributed by atoms with E-state index in [0.29, 0.717) is 0 Å². The summed E-state index contributed by atoms with van der Waals surface area (Å²) < 4.78 is 5.33. The van der Waals surface area contributed by atoms with Gasteiger partial charge in [-0.25, -0.2) is 4.98 Å². The van der Waals surface area contributed by atoms with Gasteiger partial charge in [-0.1, -0.05) is 18.2 Å². The Morgan fingerprint density at radius 1 is 1.33 bits per heavy atom. The molecule has 1 aromatic carbocycles. The van der Waals surface area contributed by atoms with Crippen molar-refractivity contribution in [2.24, 2.45) is 0 Å². The van der Waals surface area contributed by atoms with E-state index in [9.17, 15) is 0 Å². The van der Waals surface area contributed by atoms with Crippen LogP contribution in [0.15, 0.2) is 29.8 Å². The third kappa shape index (κ3) is 3.31. The van der Waals surface area contributed by atoms with Crippen molar-refractivity contribution in [1.82, 2.24) is 10.3 Å². The maximum Gasteiger partial charge on any atom is 0.122 e. The molecule has 1 aromatic heterocycles. The number of ether oxygens (including phenoxy) is 1. The van der Waals surface area contributed by atoms with E-state index in [1.165, 1.54) is 10.4 Å². The highest BCUT2D eigenvalue weighted by Gasteiger charge is 2.02. The van der Waals surface area contributed by atoms with Gasteiger partial charge >= 0.3 is 0 Å². The number of hydrogen-bond acceptors (Lipinski definition) is 4. The van der Waals surface area contributed by atoms with Gasteiger partial charge in [0.05, 0.1) is 18.3 Å². The van der Waals surface area contributed by atoms with Crippen LogP contribution < -0.4 is 10.1 Å². The lowest BCUT2D eigenvalue weighted by atomic mass is 10.1. The molecule has 3 nitrogen and oxygen atoms in total. The van der Waals surface area contributed by atoms with Crippen molar-refractivity contribution in [1.29, 1.82) is 0 Å². The molecule has 96 valence electrons. The van der Waals surface area contributed by atoms with Gasteiger partial charge in [-0.05, 0) is 31.5 Å². The molecule has 0 saturated carbocycles. The maximum absolute atomic E-state index is 5.33. The monoisotopic (exact) mass is 262 g/mol. The van der Waals surface area contributed by atoms with Crippen LogP contribution in [0.2, 0.25) is 0 Å². The van der Waals surface area contributed by atoms with Gasteiger partial charge in [-0.15, -0.1) is 11.3 Å². The van der Waals surface area contributed by atoms with Crippen LogP contribution in [-0.4, -0.2) is 18.6 Å². The highest BCUT2D eigenvalue weighted by atomic mass is 32.1. The van der Waals surface area contributed by atoms with Crippen LogP contribution in [0, 0.1) is 6.92 Å². The van der Waals surface area contributed by atoms with E-state index < -0.39 is 0 Å². The molecule has 0 radical (unpaired) electrons. The summed E-state index contributed by atoms with van der Waals surface area (Å²) in [5, 5.41) is 3.44. The molecule has 1 heterocycles. The highest BCUT2D eigenvalue weighted by Crippen LogP contribution is 2.17. The lowest BCUT2D eigenvalue weighted by molar-refractivity contribution is 0.409.